The predicted octanol–water partition coefficient (Wildman–Crippen LogP) is 1.18. The maximum absolute atomic E-state index is 11.9. The lowest BCUT2D eigenvalue weighted by molar-refractivity contribution is 0.130. The number of primary amides is 1. The van der Waals surface area contributed by atoms with Crippen molar-refractivity contribution in [2.24, 2.45) is 5.73 Å². The van der Waals surface area contributed by atoms with Crippen molar-refractivity contribution in [3.63, 3.8) is 0 Å². The van der Waals surface area contributed by atoms with Crippen molar-refractivity contribution in [2.45, 2.75) is 4.59 Å². The Hall–Kier alpha value is -0.220. The van der Waals surface area contributed by atoms with Gasteiger partial charge in [-0.1, -0.05) is 23.2 Å². The summed E-state index contributed by atoms with van der Waals surface area (Å²) in [5.74, 6) is 0. The summed E-state index contributed by atoms with van der Waals surface area (Å²) in [5.41, 5.74) is 4.45. The van der Waals surface area contributed by atoms with E-state index >= 15 is 0 Å². The average Bonchev–Trinajstić information content (AvgIpc) is 1.59. The third kappa shape index (κ3) is 7.78. The fraction of sp³-hybridized carbons (Fsp3) is 0.667. The molecular weight excluding hydrogens is 172 g/mol. The van der Waals surface area contributed by atoms with Gasteiger partial charge in [0.15, 0.2) is 6.61 Å². The molecule has 0 saturated carbocycles. The third-order valence-electron chi connectivity index (χ3n) is 0.378. The number of alkyl halides is 3. The van der Waals surface area contributed by atoms with Crippen LogP contribution in [0.2, 0.25) is 0 Å². The highest BCUT2D eigenvalue weighted by atomic mass is 35.5. The van der Waals surface area contributed by atoms with E-state index in [2.05, 4.69) is 10.5 Å². The Morgan fingerprint density at radius 3 is 2.33 bits per heavy atom. The quantitative estimate of drug-likeness (QED) is 0.642. The summed E-state index contributed by atoms with van der Waals surface area (Å²) in [7, 11) is 0. The Labute approximate surface area is 60.9 Å². The highest BCUT2D eigenvalue weighted by Gasteiger charge is 2.23. The van der Waals surface area contributed by atoms with Crippen LogP contribution in [0.3, 0.4) is 0 Å². The summed E-state index contributed by atoms with van der Waals surface area (Å²) < 4.78 is 13.3. The lowest BCUT2D eigenvalue weighted by atomic mass is 10.8. The van der Waals surface area contributed by atoms with Crippen LogP contribution < -0.4 is 5.73 Å². The first-order valence-corrected chi connectivity index (χ1v) is 2.66. The minimum absolute atomic E-state index is 0.758. The highest BCUT2D eigenvalue weighted by Crippen LogP contribution is 2.21. The summed E-state index contributed by atoms with van der Waals surface area (Å²) in [5, 5.41) is 0. The Morgan fingerprint density at radius 1 is 1.78 bits per heavy atom. The molecule has 0 fully saturated rings. The van der Waals surface area contributed by atoms with Crippen LogP contribution in [0.5, 0.6) is 0 Å². The highest BCUT2D eigenvalue weighted by molar-refractivity contribution is 6.47. The van der Waals surface area contributed by atoms with Crippen LogP contribution in [-0.2, 0) is 4.74 Å². The number of hydrogen-bond acceptors (Lipinski definition) is 2. The van der Waals surface area contributed by atoms with Gasteiger partial charge < -0.3 is 10.5 Å². The van der Waals surface area contributed by atoms with Crippen molar-refractivity contribution >= 4 is 29.3 Å². The summed E-state index contributed by atoms with van der Waals surface area (Å²) in [6, 6.07) is 0. The molecule has 54 valence electrons. The van der Waals surface area contributed by atoms with E-state index in [0.717, 1.165) is 0 Å². The summed E-state index contributed by atoms with van der Waals surface area (Å²) >= 11 is 9.49. The molecule has 0 aromatic rings. The maximum atomic E-state index is 11.9. The number of ether oxygens (including phenoxy) is 1. The Balaban J connectivity index is 3.39. The van der Waals surface area contributed by atoms with Gasteiger partial charge in [-0.3, -0.25) is 0 Å². The maximum Gasteiger partial charge on any atom is 0.404 e. The molecule has 0 radical (unpaired) electrons. The van der Waals surface area contributed by atoms with E-state index < -0.39 is 17.3 Å². The SMILES string of the molecule is NC(=O)OCC(F)(Cl)Cl. The average molecular weight is 176 g/mol. The second kappa shape index (κ2) is 3.08. The standard InChI is InChI=1S/C3H4Cl2FNO2/c4-3(5,6)1-9-2(7)8/h1H2,(H2,7,8). The van der Waals surface area contributed by atoms with E-state index in [0.29, 0.717) is 0 Å². The first-order valence-electron chi connectivity index (χ1n) is 1.91. The number of rotatable bonds is 2. The molecule has 0 atom stereocenters. The molecule has 0 saturated heterocycles. The fourth-order valence-electron chi connectivity index (χ4n) is 0.153. The van der Waals surface area contributed by atoms with E-state index in [1.165, 1.54) is 0 Å². The van der Waals surface area contributed by atoms with Crippen molar-refractivity contribution in [3.8, 4) is 0 Å². The summed E-state index contributed by atoms with van der Waals surface area (Å²) in [6.07, 6.45) is -1.11. The minimum atomic E-state index is -2.55. The van der Waals surface area contributed by atoms with Gasteiger partial charge in [0.2, 0.25) is 0 Å². The molecule has 0 aliphatic carbocycles. The Morgan fingerprint density at radius 2 is 2.22 bits per heavy atom. The number of nitrogens with two attached hydrogens (primary N) is 1. The lowest BCUT2D eigenvalue weighted by Crippen LogP contribution is -2.21. The van der Waals surface area contributed by atoms with Gasteiger partial charge in [-0.25, -0.2) is 9.18 Å². The second-order valence-corrected chi connectivity index (χ2v) is 2.61. The molecule has 9 heavy (non-hydrogen) atoms. The number of carbonyl (C=O) groups excluding carboxylic acids is 1. The number of carbonyl (C=O) groups is 1. The van der Waals surface area contributed by atoms with Gasteiger partial charge >= 0.3 is 6.09 Å². The van der Waals surface area contributed by atoms with Crippen LogP contribution >= 0.6 is 23.2 Å². The molecule has 0 heterocycles. The summed E-state index contributed by atoms with van der Waals surface area (Å²) in [4.78, 5) is 9.76. The Bertz CT molecular complexity index is 113. The van der Waals surface area contributed by atoms with Crippen LogP contribution in [0.4, 0.5) is 9.18 Å². The number of amides is 1. The van der Waals surface area contributed by atoms with Gasteiger partial charge in [-0.05, 0) is 0 Å². The fourth-order valence-corrected chi connectivity index (χ4v) is 0.262. The zero-order valence-corrected chi connectivity index (χ0v) is 5.75. The molecule has 0 aromatic heterocycles. The Kier molecular flexibility index (Phi) is 3.00. The van der Waals surface area contributed by atoms with Gasteiger partial charge in [0.05, 0.1) is 0 Å². The van der Waals surface area contributed by atoms with Gasteiger partial charge in [0.1, 0.15) is 0 Å². The van der Waals surface area contributed by atoms with Crippen LogP contribution in [0.15, 0.2) is 0 Å². The zero-order valence-electron chi connectivity index (χ0n) is 4.23. The van der Waals surface area contributed by atoms with Crippen molar-refractivity contribution in [1.29, 1.82) is 0 Å². The van der Waals surface area contributed by atoms with Crippen LogP contribution in [0, 0.1) is 0 Å². The van der Waals surface area contributed by atoms with Crippen molar-refractivity contribution in [2.75, 3.05) is 6.61 Å². The molecule has 0 aliphatic rings. The molecule has 0 aromatic carbocycles. The van der Waals surface area contributed by atoms with Crippen molar-refractivity contribution < 1.29 is 13.9 Å². The largest absolute Gasteiger partial charge is 0.444 e. The third-order valence-corrected chi connectivity index (χ3v) is 0.596. The van der Waals surface area contributed by atoms with Crippen LogP contribution in [0.1, 0.15) is 0 Å². The minimum Gasteiger partial charge on any atom is -0.444 e. The molecule has 0 spiro atoms. The van der Waals surface area contributed by atoms with E-state index in [1.807, 2.05) is 0 Å². The zero-order chi connectivity index (χ0) is 7.49. The second-order valence-electron chi connectivity index (χ2n) is 1.22. The topological polar surface area (TPSA) is 52.3 Å². The molecule has 0 unspecified atom stereocenters. The molecule has 0 rings (SSSR count). The van der Waals surface area contributed by atoms with Gasteiger partial charge in [0, 0.05) is 0 Å². The smallest absolute Gasteiger partial charge is 0.404 e. The van der Waals surface area contributed by atoms with E-state index in [4.69, 9.17) is 23.2 Å². The first kappa shape index (κ1) is 8.78. The molecular formula is C3H4Cl2FNO2. The molecule has 0 aliphatic heterocycles. The predicted molar refractivity (Wildman–Crippen MR) is 31.1 cm³/mol. The lowest BCUT2D eigenvalue weighted by Gasteiger charge is -2.06. The van der Waals surface area contributed by atoms with Gasteiger partial charge in [-0.2, -0.15) is 0 Å². The van der Waals surface area contributed by atoms with Crippen LogP contribution in [0.25, 0.3) is 0 Å². The first-order chi connectivity index (χ1) is 3.92. The number of hydrogen-bond donors (Lipinski definition) is 1. The van der Waals surface area contributed by atoms with Crippen LogP contribution in [-0.4, -0.2) is 17.3 Å². The molecule has 6 heteroatoms. The molecule has 2 N–H and O–H groups in total. The van der Waals surface area contributed by atoms with E-state index in [1.54, 1.807) is 0 Å². The van der Waals surface area contributed by atoms with Gasteiger partial charge in [-0.15, -0.1) is 0 Å². The monoisotopic (exact) mass is 175 g/mol. The summed E-state index contributed by atoms with van der Waals surface area (Å²) in [6.45, 7) is -0.758. The normalized spacial score (nSPS) is 11.0. The van der Waals surface area contributed by atoms with Crippen molar-refractivity contribution in [1.82, 2.24) is 0 Å². The molecule has 3 nitrogen and oxygen atoms in total. The van der Waals surface area contributed by atoms with E-state index in [9.17, 15) is 9.18 Å². The van der Waals surface area contributed by atoms with E-state index in [-0.39, 0.29) is 0 Å². The van der Waals surface area contributed by atoms with Crippen molar-refractivity contribution in [3.05, 3.63) is 0 Å². The molecule has 0 bridgehead atoms. The number of halogens is 3. The molecule has 1 amide bonds. The van der Waals surface area contributed by atoms with Gasteiger partial charge in [0.25, 0.3) is 4.59 Å².